The molecule has 10 nitrogen and oxygen atoms in total. The summed E-state index contributed by atoms with van der Waals surface area (Å²) in [4.78, 5) is 20.8. The Balaban J connectivity index is 1.51. The number of rotatable bonds is 8. The molecule has 0 radical (unpaired) electrons. The van der Waals surface area contributed by atoms with Crippen molar-refractivity contribution in [2.24, 2.45) is 0 Å². The van der Waals surface area contributed by atoms with Gasteiger partial charge < -0.3 is 5.32 Å². The number of carbonyl (C=O) groups is 1. The summed E-state index contributed by atoms with van der Waals surface area (Å²) in [5.41, 5.74) is 3.55. The highest BCUT2D eigenvalue weighted by molar-refractivity contribution is 7.93. The van der Waals surface area contributed by atoms with Crippen LogP contribution in [0.4, 0.5) is 17.3 Å². The molecule has 1 heterocycles. The van der Waals surface area contributed by atoms with Crippen molar-refractivity contribution in [3.63, 3.8) is 0 Å². The molecule has 0 fully saturated rings. The van der Waals surface area contributed by atoms with Crippen LogP contribution in [0.25, 0.3) is 0 Å². The lowest BCUT2D eigenvalue weighted by Crippen LogP contribution is -2.17. The Morgan fingerprint density at radius 2 is 1.40 bits per heavy atom. The molecule has 1 aromatic heterocycles. The lowest BCUT2D eigenvalue weighted by Gasteiger charge is -2.13. The van der Waals surface area contributed by atoms with E-state index in [1.165, 1.54) is 42.5 Å². The molecule has 0 aliphatic carbocycles. The number of aromatic nitrogens is 2. The van der Waals surface area contributed by atoms with Crippen molar-refractivity contribution in [3.8, 4) is 0 Å². The molecule has 0 bridgehead atoms. The number of anilines is 3. The van der Waals surface area contributed by atoms with Gasteiger partial charge >= 0.3 is 0 Å². The Kier molecular flexibility index (Phi) is 8.15. The molecule has 3 aromatic carbocycles. The van der Waals surface area contributed by atoms with Crippen molar-refractivity contribution < 1.29 is 21.6 Å². The number of halogens is 1. The number of nitrogens with one attached hydrogen (secondary N) is 3. The van der Waals surface area contributed by atoms with Crippen molar-refractivity contribution in [1.29, 1.82) is 0 Å². The first-order valence-electron chi connectivity index (χ1n) is 11.9. The van der Waals surface area contributed by atoms with E-state index < -0.39 is 26.0 Å². The van der Waals surface area contributed by atoms with Gasteiger partial charge in [-0.25, -0.2) is 31.5 Å². The van der Waals surface area contributed by atoms with Crippen molar-refractivity contribution >= 4 is 54.9 Å². The summed E-state index contributed by atoms with van der Waals surface area (Å²) in [6.45, 7) is 7.06. The SMILES string of the molecule is Cc1ccc(C)c(NS(=O)(=O)c2cc(C(=O)Nc3ccc(S(=O)(=O)Nc4nc(C)cc(C)n4)cc3)ccc2Cl)c1. The standard InChI is InChI=1S/C27H26ClN5O5S2/c1-16-5-6-17(2)24(13-16)32-40(37,38)25-15-20(7-12-23(25)28)26(34)31-21-8-10-22(11-9-21)39(35,36)33-27-29-18(3)14-19(4)30-27/h5-15,32H,1-4H3,(H,31,34)(H,29,30,33). The number of hydrogen-bond acceptors (Lipinski definition) is 7. The van der Waals surface area contributed by atoms with Crippen LogP contribution in [0.2, 0.25) is 5.02 Å². The van der Waals surface area contributed by atoms with Crippen molar-refractivity contribution in [2.75, 3.05) is 14.8 Å². The highest BCUT2D eigenvalue weighted by atomic mass is 35.5. The van der Waals surface area contributed by atoms with Crippen LogP contribution >= 0.6 is 11.6 Å². The zero-order valence-electron chi connectivity index (χ0n) is 22.0. The number of carbonyl (C=O) groups excluding carboxylic acids is 1. The van der Waals surface area contributed by atoms with E-state index in [1.807, 2.05) is 13.0 Å². The lowest BCUT2D eigenvalue weighted by molar-refractivity contribution is 0.102. The van der Waals surface area contributed by atoms with Crippen LogP contribution < -0.4 is 14.8 Å². The second kappa shape index (κ2) is 11.2. The van der Waals surface area contributed by atoms with Gasteiger partial charge in [0.05, 0.1) is 15.6 Å². The summed E-state index contributed by atoms with van der Waals surface area (Å²) in [7, 11) is -8.09. The second-order valence-corrected chi connectivity index (χ2v) is 12.9. The molecule has 0 aliphatic heterocycles. The van der Waals surface area contributed by atoms with Crippen LogP contribution in [-0.2, 0) is 20.0 Å². The van der Waals surface area contributed by atoms with E-state index in [-0.39, 0.29) is 26.3 Å². The van der Waals surface area contributed by atoms with Crippen LogP contribution in [0, 0.1) is 27.7 Å². The van der Waals surface area contributed by atoms with E-state index in [0.29, 0.717) is 22.8 Å². The van der Waals surface area contributed by atoms with E-state index in [2.05, 4.69) is 24.7 Å². The number of amides is 1. The van der Waals surface area contributed by atoms with E-state index in [0.717, 1.165) is 11.1 Å². The van der Waals surface area contributed by atoms with E-state index in [4.69, 9.17) is 11.6 Å². The molecule has 0 atom stereocenters. The van der Waals surface area contributed by atoms with Gasteiger partial charge in [-0.15, -0.1) is 0 Å². The van der Waals surface area contributed by atoms with Gasteiger partial charge in [0.2, 0.25) is 5.95 Å². The fourth-order valence-electron chi connectivity index (χ4n) is 3.77. The maximum absolute atomic E-state index is 13.1. The molecule has 0 aliphatic rings. The number of hydrogen-bond donors (Lipinski definition) is 3. The topological polar surface area (TPSA) is 147 Å². The number of sulfonamides is 2. The summed E-state index contributed by atoms with van der Waals surface area (Å²) in [6, 6.07) is 16.4. The molecule has 4 aromatic rings. The number of nitrogens with zero attached hydrogens (tertiary/aromatic N) is 2. The van der Waals surface area contributed by atoms with Gasteiger partial charge in [-0.05, 0) is 93.4 Å². The Hall–Kier alpha value is -4.00. The predicted molar refractivity (Wildman–Crippen MR) is 155 cm³/mol. The van der Waals surface area contributed by atoms with E-state index in [9.17, 15) is 21.6 Å². The minimum atomic E-state index is -4.11. The maximum atomic E-state index is 13.1. The van der Waals surface area contributed by atoms with E-state index in [1.54, 1.807) is 39.0 Å². The zero-order valence-corrected chi connectivity index (χ0v) is 24.4. The van der Waals surface area contributed by atoms with Gasteiger partial charge in [0, 0.05) is 22.6 Å². The minimum absolute atomic E-state index is 0.0380. The number of benzene rings is 3. The average molecular weight is 600 g/mol. The average Bonchev–Trinajstić information content (AvgIpc) is 2.85. The third kappa shape index (κ3) is 6.76. The summed E-state index contributed by atoms with van der Waals surface area (Å²) in [6.07, 6.45) is 0. The third-order valence-corrected chi connectivity index (χ3v) is 8.94. The summed E-state index contributed by atoms with van der Waals surface area (Å²) >= 11 is 6.20. The van der Waals surface area contributed by atoms with Crippen LogP contribution in [-0.4, -0.2) is 32.7 Å². The smallest absolute Gasteiger partial charge is 0.264 e. The molecule has 0 saturated heterocycles. The first-order valence-corrected chi connectivity index (χ1v) is 15.2. The monoisotopic (exact) mass is 599 g/mol. The largest absolute Gasteiger partial charge is 0.322 e. The van der Waals surface area contributed by atoms with Gasteiger partial charge in [-0.3, -0.25) is 9.52 Å². The molecule has 4 rings (SSSR count). The molecule has 40 heavy (non-hydrogen) atoms. The first-order chi connectivity index (χ1) is 18.7. The molecule has 0 saturated carbocycles. The Labute approximate surface area is 238 Å². The molecule has 0 spiro atoms. The van der Waals surface area contributed by atoms with Gasteiger partial charge in [0.15, 0.2) is 0 Å². The van der Waals surface area contributed by atoms with Crippen molar-refractivity contribution in [3.05, 3.63) is 99.8 Å². The molecule has 0 unspecified atom stereocenters. The van der Waals surface area contributed by atoms with Crippen molar-refractivity contribution in [2.45, 2.75) is 37.5 Å². The fraction of sp³-hybridized carbons (Fsp3) is 0.148. The summed E-state index contributed by atoms with van der Waals surface area (Å²) in [5.74, 6) is -0.660. The highest BCUT2D eigenvalue weighted by Gasteiger charge is 2.22. The summed E-state index contributed by atoms with van der Waals surface area (Å²) in [5, 5.41) is 2.58. The van der Waals surface area contributed by atoms with Gasteiger partial charge in [-0.1, -0.05) is 23.7 Å². The van der Waals surface area contributed by atoms with Crippen LogP contribution in [0.1, 0.15) is 32.9 Å². The van der Waals surface area contributed by atoms with Gasteiger partial charge in [-0.2, -0.15) is 0 Å². The lowest BCUT2D eigenvalue weighted by atomic mass is 10.1. The zero-order chi connectivity index (χ0) is 29.2. The number of aryl methyl sites for hydroxylation is 4. The maximum Gasteiger partial charge on any atom is 0.264 e. The molecule has 13 heteroatoms. The molecule has 3 N–H and O–H groups in total. The fourth-order valence-corrected chi connectivity index (χ4v) is 6.36. The highest BCUT2D eigenvalue weighted by Crippen LogP contribution is 2.27. The Morgan fingerprint density at radius 1 is 0.750 bits per heavy atom. The molecule has 208 valence electrons. The van der Waals surface area contributed by atoms with Gasteiger partial charge in [0.1, 0.15) is 4.90 Å². The predicted octanol–water partition coefficient (Wildman–Crippen LogP) is 5.22. The van der Waals surface area contributed by atoms with Crippen molar-refractivity contribution in [1.82, 2.24) is 9.97 Å². The van der Waals surface area contributed by atoms with E-state index >= 15 is 0 Å². The van der Waals surface area contributed by atoms with Crippen LogP contribution in [0.5, 0.6) is 0 Å². The third-order valence-electron chi connectivity index (χ3n) is 5.75. The Morgan fingerprint density at radius 3 is 2.05 bits per heavy atom. The second-order valence-electron chi connectivity index (χ2n) is 9.13. The normalized spacial score (nSPS) is 11.6. The molecular weight excluding hydrogens is 574 g/mol. The van der Waals surface area contributed by atoms with Crippen LogP contribution in [0.15, 0.2) is 76.5 Å². The van der Waals surface area contributed by atoms with Gasteiger partial charge in [0.25, 0.3) is 26.0 Å². The summed E-state index contributed by atoms with van der Waals surface area (Å²) < 4.78 is 56.6. The minimum Gasteiger partial charge on any atom is -0.322 e. The quantitative estimate of drug-likeness (QED) is 0.251. The Bertz CT molecular complexity index is 1810. The molecule has 1 amide bonds. The van der Waals surface area contributed by atoms with Crippen LogP contribution in [0.3, 0.4) is 0 Å². The molecular formula is C27H26ClN5O5S2. The first kappa shape index (κ1) is 29.0.